The molecule has 0 radical (unpaired) electrons. The average Bonchev–Trinajstić information content (AvgIpc) is 3.53. The molecule has 0 atom stereocenters. The maximum atomic E-state index is 12.9. The third kappa shape index (κ3) is 6.35. The van der Waals surface area contributed by atoms with Crippen molar-refractivity contribution in [3.63, 3.8) is 0 Å². The van der Waals surface area contributed by atoms with Crippen molar-refractivity contribution in [1.82, 2.24) is 25.0 Å². The lowest BCUT2D eigenvalue weighted by molar-refractivity contribution is 0.0950. The predicted octanol–water partition coefficient (Wildman–Crippen LogP) is 3.79. The lowest BCUT2D eigenvalue weighted by Gasteiger charge is -2.08. The number of anilines is 1. The number of aryl methyl sites for hydroxylation is 1. The molecule has 8 heteroatoms. The molecule has 0 spiro atoms. The summed E-state index contributed by atoms with van der Waals surface area (Å²) in [7, 11) is 4.07. The topological polar surface area (TPSA) is 89.1 Å². The molecule has 0 saturated heterocycles. The van der Waals surface area contributed by atoms with E-state index < -0.39 is 0 Å². The number of carbonyl (C=O) groups is 1. The van der Waals surface area contributed by atoms with Crippen molar-refractivity contribution in [2.45, 2.75) is 20.0 Å². The lowest BCUT2D eigenvalue weighted by Crippen LogP contribution is -2.23. The number of thiophene rings is 1. The number of amides is 1. The highest BCUT2D eigenvalue weighted by atomic mass is 32.1. The first-order valence-electron chi connectivity index (χ1n) is 11.2. The first-order chi connectivity index (χ1) is 16.9. The Morgan fingerprint density at radius 3 is 2.74 bits per heavy atom. The van der Waals surface area contributed by atoms with Crippen LogP contribution < -0.4 is 11.1 Å². The van der Waals surface area contributed by atoms with E-state index >= 15 is 0 Å². The Balaban J connectivity index is 1.57. The van der Waals surface area contributed by atoms with Gasteiger partial charge in [0.05, 0.1) is 23.9 Å². The Bertz CT molecular complexity index is 1380. The number of rotatable bonds is 7. The quantitative estimate of drug-likeness (QED) is 0.390. The number of nitrogens with one attached hydrogen (secondary N) is 1. The van der Waals surface area contributed by atoms with Crippen molar-refractivity contribution < 1.29 is 4.79 Å². The van der Waals surface area contributed by atoms with E-state index in [2.05, 4.69) is 32.1 Å². The summed E-state index contributed by atoms with van der Waals surface area (Å²) in [6.07, 6.45) is 5.53. The Hall–Kier alpha value is -3.93. The number of likely N-dealkylation sites (N-methyl/N-ethyl adjacent to an activating group) is 1. The average molecular weight is 485 g/mol. The molecule has 0 saturated carbocycles. The highest BCUT2D eigenvalue weighted by Gasteiger charge is 2.11. The van der Waals surface area contributed by atoms with Gasteiger partial charge >= 0.3 is 0 Å². The van der Waals surface area contributed by atoms with E-state index in [4.69, 9.17) is 5.73 Å². The fourth-order valence-electron chi connectivity index (χ4n) is 3.44. The predicted molar refractivity (Wildman–Crippen MR) is 141 cm³/mol. The van der Waals surface area contributed by atoms with Crippen molar-refractivity contribution in [3.8, 4) is 23.0 Å². The van der Waals surface area contributed by atoms with Gasteiger partial charge in [0.15, 0.2) is 0 Å². The second kappa shape index (κ2) is 11.0. The zero-order valence-electron chi connectivity index (χ0n) is 20.1. The molecule has 3 aromatic heterocycles. The normalized spacial score (nSPS) is 10.7. The maximum absolute atomic E-state index is 12.9. The van der Waals surface area contributed by atoms with Gasteiger partial charge in [0, 0.05) is 42.2 Å². The first kappa shape index (κ1) is 24.2. The van der Waals surface area contributed by atoms with Crippen LogP contribution in [0.25, 0.3) is 11.1 Å². The van der Waals surface area contributed by atoms with E-state index in [0.29, 0.717) is 29.1 Å². The number of benzene rings is 1. The molecule has 0 aliphatic rings. The number of hydrogen-bond donors (Lipinski definition) is 2. The van der Waals surface area contributed by atoms with Crippen molar-refractivity contribution >= 4 is 23.1 Å². The third-order valence-electron chi connectivity index (χ3n) is 5.45. The van der Waals surface area contributed by atoms with E-state index in [-0.39, 0.29) is 5.91 Å². The number of aromatic nitrogens is 3. The van der Waals surface area contributed by atoms with Gasteiger partial charge in [0.2, 0.25) is 0 Å². The summed E-state index contributed by atoms with van der Waals surface area (Å²) >= 11 is 1.60. The van der Waals surface area contributed by atoms with Crippen LogP contribution in [-0.2, 0) is 13.1 Å². The Kier molecular flexibility index (Phi) is 7.60. The molecule has 3 N–H and O–H groups in total. The third-order valence-corrected chi connectivity index (χ3v) is 6.18. The minimum atomic E-state index is -0.162. The van der Waals surface area contributed by atoms with Gasteiger partial charge in [-0.05, 0) is 67.2 Å². The van der Waals surface area contributed by atoms with Crippen LogP contribution in [-0.4, -0.2) is 46.2 Å². The van der Waals surface area contributed by atoms with Gasteiger partial charge in [-0.25, -0.2) is 4.98 Å². The summed E-state index contributed by atoms with van der Waals surface area (Å²) in [5.41, 5.74) is 11.8. The Labute approximate surface area is 209 Å². The molecule has 1 aromatic carbocycles. The molecular formula is C27H28N6OS. The molecule has 7 nitrogen and oxygen atoms in total. The maximum Gasteiger partial charge on any atom is 0.252 e. The largest absolute Gasteiger partial charge is 0.383 e. The van der Waals surface area contributed by atoms with Crippen LogP contribution >= 0.6 is 11.3 Å². The highest BCUT2D eigenvalue weighted by molar-refractivity contribution is 7.07. The number of carbonyl (C=O) groups excluding carboxylic acids is 1. The van der Waals surface area contributed by atoms with Crippen LogP contribution in [0.3, 0.4) is 0 Å². The molecule has 35 heavy (non-hydrogen) atoms. The van der Waals surface area contributed by atoms with E-state index in [1.165, 1.54) is 0 Å². The fourth-order valence-corrected chi connectivity index (χ4v) is 4.10. The Morgan fingerprint density at radius 1 is 1.14 bits per heavy atom. The fraction of sp³-hybridized carbons (Fsp3) is 0.222. The standard InChI is InChI=1S/C27H28N6OS/c1-19-4-7-25(27(34)30-14-20-8-11-35-18-20)21(12-19)5-6-22-13-23(15-29-26(22)28)24-16-31-33(17-24)10-9-32(2)3/h4,7-8,11-13,15-18H,9-10,14H2,1-3H3,(H2,28,29)(H,30,34). The number of pyridine rings is 1. The monoisotopic (exact) mass is 484 g/mol. The minimum Gasteiger partial charge on any atom is -0.383 e. The zero-order valence-corrected chi connectivity index (χ0v) is 20.9. The smallest absolute Gasteiger partial charge is 0.252 e. The highest BCUT2D eigenvalue weighted by Crippen LogP contribution is 2.21. The van der Waals surface area contributed by atoms with Crippen LogP contribution in [0.2, 0.25) is 0 Å². The van der Waals surface area contributed by atoms with Crippen molar-refractivity contribution in [1.29, 1.82) is 0 Å². The molecule has 1 amide bonds. The van der Waals surface area contributed by atoms with E-state index in [1.54, 1.807) is 17.5 Å². The van der Waals surface area contributed by atoms with Crippen LogP contribution in [0.5, 0.6) is 0 Å². The lowest BCUT2D eigenvalue weighted by atomic mass is 10.0. The van der Waals surface area contributed by atoms with Gasteiger partial charge in [-0.2, -0.15) is 16.4 Å². The Morgan fingerprint density at radius 2 is 1.97 bits per heavy atom. The van der Waals surface area contributed by atoms with E-state index in [1.807, 2.05) is 79.2 Å². The first-order valence-corrected chi connectivity index (χ1v) is 12.2. The molecule has 0 fully saturated rings. The van der Waals surface area contributed by atoms with Gasteiger partial charge in [0.1, 0.15) is 5.82 Å². The molecular weight excluding hydrogens is 456 g/mol. The van der Waals surface area contributed by atoms with Crippen molar-refractivity contribution in [3.05, 3.63) is 87.5 Å². The van der Waals surface area contributed by atoms with Crippen molar-refractivity contribution in [2.24, 2.45) is 0 Å². The molecule has 0 aliphatic carbocycles. The van der Waals surface area contributed by atoms with E-state index in [0.717, 1.165) is 35.3 Å². The summed E-state index contributed by atoms with van der Waals surface area (Å²) in [5, 5.41) is 11.4. The summed E-state index contributed by atoms with van der Waals surface area (Å²) in [4.78, 5) is 19.3. The van der Waals surface area contributed by atoms with Crippen LogP contribution in [0, 0.1) is 18.8 Å². The SMILES string of the molecule is Cc1ccc(C(=O)NCc2ccsc2)c(C#Cc2cc(-c3cnn(CCN(C)C)c3)cnc2N)c1. The van der Waals surface area contributed by atoms with Gasteiger partial charge in [-0.1, -0.05) is 17.9 Å². The van der Waals surface area contributed by atoms with Gasteiger partial charge in [0.25, 0.3) is 5.91 Å². The van der Waals surface area contributed by atoms with Crippen LogP contribution in [0.4, 0.5) is 5.82 Å². The molecule has 0 aliphatic heterocycles. The number of hydrogen-bond acceptors (Lipinski definition) is 6. The summed E-state index contributed by atoms with van der Waals surface area (Å²) in [5.74, 6) is 6.46. The van der Waals surface area contributed by atoms with Crippen molar-refractivity contribution in [2.75, 3.05) is 26.4 Å². The van der Waals surface area contributed by atoms with Crippen LogP contribution in [0.15, 0.2) is 59.7 Å². The van der Waals surface area contributed by atoms with Gasteiger partial charge in [-0.3, -0.25) is 9.48 Å². The molecule has 4 rings (SSSR count). The number of nitrogen functional groups attached to an aromatic ring is 1. The number of nitrogens with zero attached hydrogens (tertiary/aromatic N) is 4. The second-order valence-electron chi connectivity index (χ2n) is 8.57. The molecule has 3 heterocycles. The minimum absolute atomic E-state index is 0.162. The summed E-state index contributed by atoms with van der Waals surface area (Å²) in [6.45, 7) is 4.15. The van der Waals surface area contributed by atoms with Crippen LogP contribution in [0.1, 0.15) is 32.6 Å². The molecule has 4 aromatic rings. The van der Waals surface area contributed by atoms with E-state index in [9.17, 15) is 4.79 Å². The zero-order chi connectivity index (χ0) is 24.8. The summed E-state index contributed by atoms with van der Waals surface area (Å²) in [6, 6.07) is 9.54. The second-order valence-corrected chi connectivity index (χ2v) is 9.35. The van der Waals surface area contributed by atoms with Gasteiger partial charge < -0.3 is 16.0 Å². The molecule has 0 unspecified atom stereocenters. The molecule has 178 valence electrons. The van der Waals surface area contributed by atoms with Gasteiger partial charge in [-0.15, -0.1) is 0 Å². The molecule has 0 bridgehead atoms. The number of nitrogens with two attached hydrogens (primary N) is 1. The summed E-state index contributed by atoms with van der Waals surface area (Å²) < 4.78 is 1.91.